The first-order valence-corrected chi connectivity index (χ1v) is 10.2. The standard InChI is InChI=1S/C26H30N2/c1-25(2,3)22-13-9-15-24-21(22)18-28(27-24)17-16-26(4,5)23-14-8-11-19-10-6-7-12-20(19)23/h6-15,18H,16-17H2,1-5H3. The summed E-state index contributed by atoms with van der Waals surface area (Å²) >= 11 is 0. The molecule has 0 radical (unpaired) electrons. The summed E-state index contributed by atoms with van der Waals surface area (Å²) in [6.07, 6.45) is 3.27. The zero-order valence-electron chi connectivity index (χ0n) is 17.7. The van der Waals surface area contributed by atoms with Gasteiger partial charge >= 0.3 is 0 Å². The molecule has 2 nitrogen and oxygen atoms in total. The van der Waals surface area contributed by atoms with Gasteiger partial charge in [-0.2, -0.15) is 5.10 Å². The van der Waals surface area contributed by atoms with Crippen molar-refractivity contribution >= 4 is 21.7 Å². The van der Waals surface area contributed by atoms with Gasteiger partial charge in [0.25, 0.3) is 0 Å². The molecule has 0 aliphatic rings. The van der Waals surface area contributed by atoms with Crippen LogP contribution < -0.4 is 0 Å². The fourth-order valence-corrected chi connectivity index (χ4v) is 4.21. The first-order valence-electron chi connectivity index (χ1n) is 10.2. The van der Waals surface area contributed by atoms with E-state index in [0.29, 0.717) is 0 Å². The van der Waals surface area contributed by atoms with Gasteiger partial charge in [0.2, 0.25) is 0 Å². The first-order chi connectivity index (χ1) is 13.3. The van der Waals surface area contributed by atoms with Crippen LogP contribution in [0.25, 0.3) is 21.7 Å². The van der Waals surface area contributed by atoms with Crippen molar-refractivity contribution in [2.75, 3.05) is 0 Å². The zero-order valence-corrected chi connectivity index (χ0v) is 17.7. The monoisotopic (exact) mass is 370 g/mol. The Morgan fingerprint density at radius 2 is 1.43 bits per heavy atom. The van der Waals surface area contributed by atoms with E-state index in [-0.39, 0.29) is 10.8 Å². The molecule has 0 aliphatic heterocycles. The Labute approximate surface area is 168 Å². The summed E-state index contributed by atoms with van der Waals surface area (Å²) in [5, 5.41) is 8.81. The van der Waals surface area contributed by atoms with E-state index in [1.807, 2.05) is 0 Å². The van der Waals surface area contributed by atoms with Crippen LogP contribution >= 0.6 is 0 Å². The van der Waals surface area contributed by atoms with Gasteiger partial charge in [-0.3, -0.25) is 4.68 Å². The molecule has 0 unspecified atom stereocenters. The third-order valence-electron chi connectivity index (χ3n) is 5.89. The van der Waals surface area contributed by atoms with E-state index in [4.69, 9.17) is 5.10 Å². The van der Waals surface area contributed by atoms with Gasteiger partial charge in [0.1, 0.15) is 0 Å². The SMILES string of the molecule is CC(C)(C)c1cccc2nn(CCC(C)(C)c3cccc4ccccc34)cc12. The van der Waals surface area contributed by atoms with Gasteiger partial charge in [0.05, 0.1) is 5.52 Å². The van der Waals surface area contributed by atoms with Crippen LogP contribution in [0.15, 0.2) is 66.9 Å². The number of fused-ring (bicyclic) bond motifs is 2. The second kappa shape index (κ2) is 6.77. The molecule has 3 aromatic carbocycles. The van der Waals surface area contributed by atoms with Crippen LogP contribution in [0.4, 0.5) is 0 Å². The minimum Gasteiger partial charge on any atom is -0.271 e. The molecule has 0 aliphatic carbocycles. The predicted molar refractivity (Wildman–Crippen MR) is 120 cm³/mol. The molecule has 0 fully saturated rings. The van der Waals surface area contributed by atoms with Crippen molar-refractivity contribution in [1.29, 1.82) is 0 Å². The Hall–Kier alpha value is -2.61. The summed E-state index contributed by atoms with van der Waals surface area (Å²) in [6, 6.07) is 21.8. The molecule has 0 bridgehead atoms. The van der Waals surface area contributed by atoms with E-state index in [9.17, 15) is 0 Å². The lowest BCUT2D eigenvalue weighted by Gasteiger charge is -2.27. The highest BCUT2D eigenvalue weighted by molar-refractivity contribution is 5.86. The van der Waals surface area contributed by atoms with Crippen molar-refractivity contribution in [2.45, 2.75) is 58.4 Å². The minimum atomic E-state index is 0.0753. The molecule has 0 amide bonds. The van der Waals surface area contributed by atoms with Crippen molar-refractivity contribution in [3.63, 3.8) is 0 Å². The fourth-order valence-electron chi connectivity index (χ4n) is 4.21. The lowest BCUT2D eigenvalue weighted by molar-refractivity contribution is 0.425. The Bertz CT molecular complexity index is 1120. The summed E-state index contributed by atoms with van der Waals surface area (Å²) in [6.45, 7) is 12.4. The second-order valence-electron chi connectivity index (χ2n) is 9.54. The van der Waals surface area contributed by atoms with Crippen LogP contribution in [-0.4, -0.2) is 9.78 Å². The van der Waals surface area contributed by atoms with Gasteiger partial charge in [-0.1, -0.05) is 89.2 Å². The molecular formula is C26H30N2. The quantitative estimate of drug-likeness (QED) is 0.384. The summed E-state index contributed by atoms with van der Waals surface area (Å²) in [7, 11) is 0. The summed E-state index contributed by atoms with van der Waals surface area (Å²) in [5.74, 6) is 0. The average Bonchev–Trinajstić information content (AvgIpc) is 3.08. The molecule has 0 atom stereocenters. The summed E-state index contributed by atoms with van der Waals surface area (Å²) in [5.41, 5.74) is 4.07. The lowest BCUT2D eigenvalue weighted by Crippen LogP contribution is -2.20. The molecule has 0 spiro atoms. The van der Waals surface area contributed by atoms with Gasteiger partial charge in [-0.15, -0.1) is 0 Å². The number of hydrogen-bond donors (Lipinski definition) is 0. The van der Waals surface area contributed by atoms with E-state index in [0.717, 1.165) is 18.5 Å². The number of hydrogen-bond acceptors (Lipinski definition) is 1. The maximum atomic E-state index is 4.86. The highest BCUT2D eigenvalue weighted by Gasteiger charge is 2.23. The van der Waals surface area contributed by atoms with Crippen molar-refractivity contribution < 1.29 is 0 Å². The van der Waals surface area contributed by atoms with Gasteiger partial charge in [-0.25, -0.2) is 0 Å². The van der Waals surface area contributed by atoms with E-state index in [1.54, 1.807) is 0 Å². The van der Waals surface area contributed by atoms with Crippen molar-refractivity contribution in [2.24, 2.45) is 0 Å². The third-order valence-corrected chi connectivity index (χ3v) is 5.89. The number of aryl methyl sites for hydroxylation is 1. The number of aromatic nitrogens is 2. The molecule has 4 aromatic rings. The van der Waals surface area contributed by atoms with Crippen molar-refractivity contribution in [3.05, 3.63) is 78.0 Å². The fraction of sp³-hybridized carbons (Fsp3) is 0.346. The van der Waals surface area contributed by atoms with Gasteiger partial charge in [0, 0.05) is 18.1 Å². The van der Waals surface area contributed by atoms with Gasteiger partial charge in [0.15, 0.2) is 0 Å². The Morgan fingerprint density at radius 1 is 0.750 bits per heavy atom. The molecule has 2 heteroatoms. The molecule has 0 saturated heterocycles. The molecule has 1 heterocycles. The number of nitrogens with zero attached hydrogens (tertiary/aromatic N) is 2. The van der Waals surface area contributed by atoms with Crippen LogP contribution in [0.1, 0.15) is 52.2 Å². The highest BCUT2D eigenvalue weighted by atomic mass is 15.3. The topological polar surface area (TPSA) is 17.8 Å². The minimum absolute atomic E-state index is 0.0753. The van der Waals surface area contributed by atoms with Crippen LogP contribution in [0.2, 0.25) is 0 Å². The number of benzene rings is 3. The lowest BCUT2D eigenvalue weighted by atomic mass is 9.79. The van der Waals surface area contributed by atoms with Crippen molar-refractivity contribution in [3.8, 4) is 0 Å². The maximum absolute atomic E-state index is 4.86. The molecule has 28 heavy (non-hydrogen) atoms. The maximum Gasteiger partial charge on any atom is 0.0926 e. The van der Waals surface area contributed by atoms with Gasteiger partial charge in [-0.05, 0) is 45.2 Å². The smallest absolute Gasteiger partial charge is 0.0926 e. The van der Waals surface area contributed by atoms with Crippen LogP contribution in [0.3, 0.4) is 0 Å². The molecule has 1 aromatic heterocycles. The third kappa shape index (κ3) is 3.44. The van der Waals surface area contributed by atoms with Crippen molar-refractivity contribution in [1.82, 2.24) is 9.78 Å². The summed E-state index contributed by atoms with van der Waals surface area (Å²) < 4.78 is 2.13. The first kappa shape index (κ1) is 18.7. The molecule has 0 N–H and O–H groups in total. The van der Waals surface area contributed by atoms with Crippen LogP contribution in [0, 0.1) is 0 Å². The van der Waals surface area contributed by atoms with E-state index < -0.39 is 0 Å². The normalized spacial score (nSPS) is 12.8. The van der Waals surface area contributed by atoms with E-state index in [2.05, 4.69) is 106 Å². The molecule has 144 valence electrons. The Kier molecular flexibility index (Phi) is 4.53. The Balaban J connectivity index is 1.63. The predicted octanol–water partition coefficient (Wildman–Crippen LogP) is 6.85. The van der Waals surface area contributed by atoms with Crippen LogP contribution in [0.5, 0.6) is 0 Å². The van der Waals surface area contributed by atoms with Crippen LogP contribution in [-0.2, 0) is 17.4 Å². The average molecular weight is 371 g/mol. The number of rotatable bonds is 4. The van der Waals surface area contributed by atoms with E-state index >= 15 is 0 Å². The molecular weight excluding hydrogens is 340 g/mol. The second-order valence-corrected chi connectivity index (χ2v) is 9.54. The summed E-state index contributed by atoms with van der Waals surface area (Å²) in [4.78, 5) is 0. The van der Waals surface area contributed by atoms with E-state index in [1.165, 1.54) is 27.3 Å². The van der Waals surface area contributed by atoms with Gasteiger partial charge < -0.3 is 0 Å². The highest BCUT2D eigenvalue weighted by Crippen LogP contribution is 2.34. The zero-order chi connectivity index (χ0) is 19.9. The molecule has 0 saturated carbocycles. The Morgan fingerprint density at radius 3 is 2.21 bits per heavy atom. The molecule has 4 rings (SSSR count). The largest absolute Gasteiger partial charge is 0.271 e.